The number of aryl methyl sites for hydroxylation is 1. The van der Waals surface area contributed by atoms with E-state index in [-0.39, 0.29) is 6.03 Å². The molecule has 3 rings (SSSR count). The third-order valence-corrected chi connectivity index (χ3v) is 5.62. The second-order valence-corrected chi connectivity index (χ2v) is 7.61. The minimum Gasteiger partial charge on any atom is -0.357 e. The molecule has 3 heterocycles. The van der Waals surface area contributed by atoms with Gasteiger partial charge in [0.15, 0.2) is 0 Å². The molecule has 1 aliphatic heterocycles. The van der Waals surface area contributed by atoms with E-state index in [1.165, 1.54) is 19.3 Å². The molecule has 140 valence electrons. The van der Waals surface area contributed by atoms with E-state index in [9.17, 15) is 4.79 Å². The number of aromatic nitrogens is 2. The summed E-state index contributed by atoms with van der Waals surface area (Å²) in [5.74, 6) is 1.01. The zero-order chi connectivity index (χ0) is 18.4. The minimum absolute atomic E-state index is 0.0904. The number of amides is 2. The highest BCUT2D eigenvalue weighted by molar-refractivity contribution is 7.09. The molecule has 26 heavy (non-hydrogen) atoms. The standard InChI is InChI=1S/C19H27N5OS/c1-3-18-22-16(14-26-18)13-23(2)19(25)21-12-15-7-8-20-17(11-15)24-9-5-4-6-10-24/h7-8,11,14H,3-6,9-10,12-13H2,1-2H3,(H,21,25). The van der Waals surface area contributed by atoms with Crippen molar-refractivity contribution in [2.75, 3.05) is 25.0 Å². The van der Waals surface area contributed by atoms with Crippen LogP contribution in [0.4, 0.5) is 10.6 Å². The molecule has 0 aromatic carbocycles. The monoisotopic (exact) mass is 373 g/mol. The van der Waals surface area contributed by atoms with Crippen molar-refractivity contribution < 1.29 is 4.79 Å². The van der Waals surface area contributed by atoms with E-state index >= 15 is 0 Å². The van der Waals surface area contributed by atoms with Crippen LogP contribution in [-0.2, 0) is 19.5 Å². The molecular weight excluding hydrogens is 346 g/mol. The van der Waals surface area contributed by atoms with Gasteiger partial charge in [0, 0.05) is 38.3 Å². The first kappa shape index (κ1) is 18.6. The largest absolute Gasteiger partial charge is 0.357 e. The Morgan fingerprint density at radius 3 is 2.88 bits per heavy atom. The van der Waals surface area contributed by atoms with Crippen LogP contribution >= 0.6 is 11.3 Å². The SMILES string of the molecule is CCc1nc(CN(C)C(=O)NCc2ccnc(N3CCCCC3)c2)cs1. The molecule has 2 aromatic rings. The van der Waals surface area contributed by atoms with E-state index in [1.807, 2.05) is 17.6 Å². The van der Waals surface area contributed by atoms with Crippen LogP contribution in [0.25, 0.3) is 0 Å². The van der Waals surface area contributed by atoms with Crippen molar-refractivity contribution in [1.82, 2.24) is 20.2 Å². The molecule has 2 amide bonds. The fourth-order valence-electron chi connectivity index (χ4n) is 3.08. The number of anilines is 1. The number of hydrogen-bond donors (Lipinski definition) is 1. The molecule has 2 aromatic heterocycles. The van der Waals surface area contributed by atoms with Crippen LogP contribution in [-0.4, -0.2) is 41.0 Å². The number of piperidine rings is 1. The summed E-state index contributed by atoms with van der Waals surface area (Å²) in [6.07, 6.45) is 6.52. The number of carbonyl (C=O) groups is 1. The van der Waals surface area contributed by atoms with Gasteiger partial charge in [-0.15, -0.1) is 11.3 Å². The van der Waals surface area contributed by atoms with Crippen LogP contribution in [0.2, 0.25) is 0 Å². The Labute approximate surface area is 159 Å². The van der Waals surface area contributed by atoms with Gasteiger partial charge in [0.2, 0.25) is 0 Å². The predicted molar refractivity (Wildman–Crippen MR) is 105 cm³/mol. The van der Waals surface area contributed by atoms with Gasteiger partial charge in [-0.25, -0.2) is 14.8 Å². The first-order valence-corrected chi connectivity index (χ1v) is 10.2. The number of thiazole rings is 1. The molecule has 0 saturated carbocycles. The zero-order valence-electron chi connectivity index (χ0n) is 15.6. The highest BCUT2D eigenvalue weighted by atomic mass is 32.1. The number of pyridine rings is 1. The summed E-state index contributed by atoms with van der Waals surface area (Å²) in [5.41, 5.74) is 2.02. The number of nitrogens with zero attached hydrogens (tertiary/aromatic N) is 4. The topological polar surface area (TPSA) is 61.4 Å². The van der Waals surface area contributed by atoms with Crippen LogP contribution in [0.1, 0.15) is 42.5 Å². The third-order valence-electron chi connectivity index (χ3n) is 4.58. The molecule has 0 aliphatic carbocycles. The van der Waals surface area contributed by atoms with Crippen LogP contribution in [0.5, 0.6) is 0 Å². The molecule has 1 aliphatic rings. The highest BCUT2D eigenvalue weighted by Gasteiger charge is 2.14. The Kier molecular flexibility index (Phi) is 6.44. The lowest BCUT2D eigenvalue weighted by molar-refractivity contribution is 0.206. The summed E-state index contributed by atoms with van der Waals surface area (Å²) in [7, 11) is 1.80. The number of carbonyl (C=O) groups excluding carboxylic acids is 1. The van der Waals surface area contributed by atoms with Crippen molar-refractivity contribution >= 4 is 23.2 Å². The summed E-state index contributed by atoms with van der Waals surface area (Å²) < 4.78 is 0. The Bertz CT molecular complexity index is 726. The average molecular weight is 374 g/mol. The molecule has 0 atom stereocenters. The number of hydrogen-bond acceptors (Lipinski definition) is 5. The lowest BCUT2D eigenvalue weighted by atomic mass is 10.1. The summed E-state index contributed by atoms with van der Waals surface area (Å²) in [4.78, 5) is 25.3. The second-order valence-electron chi connectivity index (χ2n) is 6.67. The van der Waals surface area contributed by atoms with Gasteiger partial charge in [-0.05, 0) is 43.4 Å². The fraction of sp³-hybridized carbons (Fsp3) is 0.526. The number of nitrogens with one attached hydrogen (secondary N) is 1. The van der Waals surface area contributed by atoms with E-state index in [2.05, 4.69) is 33.2 Å². The van der Waals surface area contributed by atoms with E-state index < -0.39 is 0 Å². The van der Waals surface area contributed by atoms with Crippen LogP contribution < -0.4 is 10.2 Å². The molecule has 1 N–H and O–H groups in total. The normalized spacial score (nSPS) is 14.3. The van der Waals surface area contributed by atoms with Gasteiger partial charge < -0.3 is 15.1 Å². The lowest BCUT2D eigenvalue weighted by Crippen LogP contribution is -2.36. The van der Waals surface area contributed by atoms with E-state index in [0.717, 1.165) is 41.6 Å². The first-order chi connectivity index (χ1) is 12.7. The smallest absolute Gasteiger partial charge is 0.317 e. The molecule has 0 radical (unpaired) electrons. The van der Waals surface area contributed by atoms with Crippen molar-refractivity contribution in [1.29, 1.82) is 0 Å². The van der Waals surface area contributed by atoms with Gasteiger partial charge in [-0.1, -0.05) is 6.92 Å². The predicted octanol–water partition coefficient (Wildman–Crippen LogP) is 3.43. The van der Waals surface area contributed by atoms with Crippen LogP contribution in [0.15, 0.2) is 23.7 Å². The quantitative estimate of drug-likeness (QED) is 0.843. The van der Waals surface area contributed by atoms with Crippen molar-refractivity contribution in [3.63, 3.8) is 0 Å². The van der Waals surface area contributed by atoms with Gasteiger partial charge in [0.25, 0.3) is 0 Å². The Balaban J connectivity index is 1.51. The Hall–Kier alpha value is -2.15. The van der Waals surface area contributed by atoms with E-state index in [4.69, 9.17) is 0 Å². The van der Waals surface area contributed by atoms with Gasteiger partial charge in [0.1, 0.15) is 5.82 Å². The zero-order valence-corrected chi connectivity index (χ0v) is 16.4. The molecule has 6 nitrogen and oxygen atoms in total. The molecular formula is C19H27N5OS. The van der Waals surface area contributed by atoms with E-state index in [0.29, 0.717) is 13.1 Å². The van der Waals surface area contributed by atoms with Gasteiger partial charge in [-0.3, -0.25) is 0 Å². The Morgan fingerprint density at radius 1 is 1.35 bits per heavy atom. The molecule has 0 spiro atoms. The summed E-state index contributed by atoms with van der Waals surface area (Å²) in [5, 5.41) is 6.12. The van der Waals surface area contributed by atoms with Crippen LogP contribution in [0, 0.1) is 0 Å². The average Bonchev–Trinajstić information content (AvgIpc) is 3.14. The molecule has 0 bridgehead atoms. The third kappa shape index (κ3) is 4.94. The second kappa shape index (κ2) is 8.98. The van der Waals surface area contributed by atoms with Crippen molar-refractivity contribution in [2.24, 2.45) is 0 Å². The Morgan fingerprint density at radius 2 is 2.15 bits per heavy atom. The van der Waals surface area contributed by atoms with Crippen LogP contribution in [0.3, 0.4) is 0 Å². The minimum atomic E-state index is -0.0904. The number of rotatable bonds is 6. The van der Waals surface area contributed by atoms with Gasteiger partial charge >= 0.3 is 6.03 Å². The maximum absolute atomic E-state index is 12.3. The molecule has 0 unspecified atom stereocenters. The lowest BCUT2D eigenvalue weighted by Gasteiger charge is -2.28. The highest BCUT2D eigenvalue weighted by Crippen LogP contribution is 2.18. The van der Waals surface area contributed by atoms with Crippen molar-refractivity contribution in [2.45, 2.75) is 45.7 Å². The fourth-order valence-corrected chi connectivity index (χ4v) is 3.81. The van der Waals surface area contributed by atoms with Crippen molar-refractivity contribution in [3.8, 4) is 0 Å². The van der Waals surface area contributed by atoms with Gasteiger partial charge in [-0.2, -0.15) is 0 Å². The van der Waals surface area contributed by atoms with Gasteiger partial charge in [0.05, 0.1) is 17.2 Å². The molecule has 1 fully saturated rings. The van der Waals surface area contributed by atoms with Crippen molar-refractivity contribution in [3.05, 3.63) is 40.0 Å². The summed E-state index contributed by atoms with van der Waals surface area (Å²) >= 11 is 1.65. The first-order valence-electron chi connectivity index (χ1n) is 9.28. The molecule has 7 heteroatoms. The van der Waals surface area contributed by atoms with E-state index in [1.54, 1.807) is 23.3 Å². The maximum Gasteiger partial charge on any atom is 0.317 e. The summed E-state index contributed by atoms with van der Waals surface area (Å²) in [6, 6.07) is 3.95. The molecule has 1 saturated heterocycles. The summed E-state index contributed by atoms with van der Waals surface area (Å²) in [6.45, 7) is 5.26. The maximum atomic E-state index is 12.3. The number of urea groups is 1.